The Labute approximate surface area is 207 Å². The smallest absolute Gasteiger partial charge is 0.287 e. The van der Waals surface area contributed by atoms with Gasteiger partial charge in [-0.15, -0.1) is 6.42 Å². The summed E-state index contributed by atoms with van der Waals surface area (Å²) in [6, 6.07) is 5.75. The first-order valence-electron chi connectivity index (χ1n) is 11.2. The molecule has 0 bridgehead atoms. The first kappa shape index (κ1) is 25.6. The summed E-state index contributed by atoms with van der Waals surface area (Å²) in [6.45, 7) is 0.215. The quantitative estimate of drug-likeness (QED) is 0.582. The lowest BCUT2D eigenvalue weighted by Crippen LogP contribution is -2.42. The largest absolute Gasteiger partial charge is 0.382 e. The summed E-state index contributed by atoms with van der Waals surface area (Å²) in [4.78, 5) is 13.0. The second-order valence-electron chi connectivity index (χ2n) is 8.59. The maximum atomic E-state index is 14.0. The van der Waals surface area contributed by atoms with Crippen LogP contribution in [-0.2, 0) is 14.8 Å². The molecule has 0 radical (unpaired) electrons. The topological polar surface area (TPSA) is 93.5 Å². The second-order valence-corrected chi connectivity index (χ2v) is 10.9. The van der Waals surface area contributed by atoms with Crippen LogP contribution in [-0.4, -0.2) is 61.3 Å². The van der Waals surface area contributed by atoms with Gasteiger partial charge in [0.2, 0.25) is 10.0 Å². The van der Waals surface area contributed by atoms with Crippen molar-refractivity contribution >= 4 is 27.3 Å². The fourth-order valence-corrected chi connectivity index (χ4v) is 5.90. The number of hydrogen-bond acceptors (Lipinski definition) is 6. The van der Waals surface area contributed by atoms with Crippen LogP contribution >= 0.6 is 11.6 Å². The Morgan fingerprint density at radius 3 is 2.57 bits per heavy atom. The predicted octanol–water partition coefficient (Wildman–Crippen LogP) is 2.99. The number of alkyl halides is 2. The molecule has 0 unspecified atom stereocenters. The van der Waals surface area contributed by atoms with Gasteiger partial charge < -0.3 is 10.1 Å². The molecule has 1 atom stereocenters. The molecule has 2 aliphatic heterocycles. The number of nitrogens with zero attached hydrogens (tertiary/aromatic N) is 3. The summed E-state index contributed by atoms with van der Waals surface area (Å²) in [5.41, 5.74) is 0.197. The molecule has 2 saturated heterocycles. The number of rotatable bonds is 6. The Morgan fingerprint density at radius 1 is 1.26 bits per heavy atom. The van der Waals surface area contributed by atoms with Gasteiger partial charge in [0.05, 0.1) is 42.0 Å². The molecule has 1 aromatic carbocycles. The first-order valence-corrected chi connectivity index (χ1v) is 13.0. The number of nitrogens with one attached hydrogen (secondary N) is 1. The number of benzene rings is 1. The van der Waals surface area contributed by atoms with Crippen molar-refractivity contribution in [3.8, 4) is 12.3 Å². The lowest BCUT2D eigenvalue weighted by molar-refractivity contribution is -0.136. The number of piperidine rings is 1. The van der Waals surface area contributed by atoms with Crippen LogP contribution in [0.1, 0.15) is 30.9 Å². The summed E-state index contributed by atoms with van der Waals surface area (Å²) in [6.07, 6.45) is 7.04. The van der Waals surface area contributed by atoms with Crippen LogP contribution in [0.2, 0.25) is 5.02 Å². The minimum absolute atomic E-state index is 0.0139. The van der Waals surface area contributed by atoms with Crippen molar-refractivity contribution in [1.82, 2.24) is 14.1 Å². The SMILES string of the molecule is C#Cc1ccc(S(=O)(=O)N2CCC(n3ncc(NC[C@H]4COCCC4(F)F)c(Cl)c3=O)CC2)cc1. The Morgan fingerprint density at radius 2 is 1.94 bits per heavy atom. The number of hydrogen-bond donors (Lipinski definition) is 1. The summed E-state index contributed by atoms with van der Waals surface area (Å²) in [7, 11) is -3.70. The number of aromatic nitrogens is 2. The van der Waals surface area contributed by atoms with E-state index in [1.165, 1.54) is 27.3 Å². The van der Waals surface area contributed by atoms with E-state index in [9.17, 15) is 22.0 Å². The minimum Gasteiger partial charge on any atom is -0.382 e. The van der Waals surface area contributed by atoms with E-state index in [0.717, 1.165) is 0 Å². The maximum absolute atomic E-state index is 14.0. The molecule has 35 heavy (non-hydrogen) atoms. The monoisotopic (exact) mass is 526 g/mol. The van der Waals surface area contributed by atoms with E-state index in [4.69, 9.17) is 22.8 Å². The van der Waals surface area contributed by atoms with Crippen LogP contribution in [0.3, 0.4) is 0 Å². The highest BCUT2D eigenvalue weighted by atomic mass is 35.5. The van der Waals surface area contributed by atoms with E-state index in [2.05, 4.69) is 16.3 Å². The molecule has 0 aliphatic carbocycles. The number of anilines is 1. The molecule has 0 amide bonds. The first-order chi connectivity index (χ1) is 16.6. The molecule has 8 nitrogen and oxygen atoms in total. The average Bonchev–Trinajstić information content (AvgIpc) is 2.85. The van der Waals surface area contributed by atoms with Gasteiger partial charge in [0.1, 0.15) is 5.02 Å². The molecule has 1 N–H and O–H groups in total. The maximum Gasteiger partial charge on any atom is 0.287 e. The van der Waals surface area contributed by atoms with Gasteiger partial charge in [-0.2, -0.15) is 9.40 Å². The average molecular weight is 527 g/mol. The van der Waals surface area contributed by atoms with Crippen LogP contribution < -0.4 is 10.9 Å². The van der Waals surface area contributed by atoms with Crippen molar-refractivity contribution in [3.05, 3.63) is 51.4 Å². The van der Waals surface area contributed by atoms with Gasteiger partial charge in [-0.3, -0.25) is 4.79 Å². The Kier molecular flexibility index (Phi) is 7.47. The Balaban J connectivity index is 1.41. The highest BCUT2D eigenvalue weighted by molar-refractivity contribution is 7.89. The van der Waals surface area contributed by atoms with Crippen molar-refractivity contribution in [2.24, 2.45) is 5.92 Å². The van der Waals surface area contributed by atoms with Gasteiger partial charge in [-0.1, -0.05) is 17.5 Å². The van der Waals surface area contributed by atoms with Crippen LogP contribution in [0.25, 0.3) is 0 Å². The van der Waals surface area contributed by atoms with Crippen LogP contribution in [0.4, 0.5) is 14.5 Å². The minimum atomic E-state index is -3.70. The predicted molar refractivity (Wildman–Crippen MR) is 127 cm³/mol. The molecule has 0 spiro atoms. The van der Waals surface area contributed by atoms with E-state index >= 15 is 0 Å². The van der Waals surface area contributed by atoms with Gasteiger partial charge in [-0.25, -0.2) is 21.9 Å². The van der Waals surface area contributed by atoms with Gasteiger partial charge in [0.15, 0.2) is 0 Å². The molecule has 2 fully saturated rings. The molecule has 12 heteroatoms. The molecule has 1 aromatic heterocycles. The Hall–Kier alpha value is -2.52. The van der Waals surface area contributed by atoms with Gasteiger partial charge in [0, 0.05) is 31.6 Å². The zero-order valence-corrected chi connectivity index (χ0v) is 20.4. The zero-order valence-electron chi connectivity index (χ0n) is 18.8. The zero-order chi connectivity index (χ0) is 25.2. The molecular formula is C23H25ClF2N4O4S. The van der Waals surface area contributed by atoms with E-state index in [1.54, 1.807) is 12.1 Å². The third-order valence-electron chi connectivity index (χ3n) is 6.41. The third-order valence-corrected chi connectivity index (χ3v) is 8.68. The van der Waals surface area contributed by atoms with Crippen LogP contribution in [0.15, 0.2) is 40.2 Å². The van der Waals surface area contributed by atoms with Crippen molar-refractivity contribution in [1.29, 1.82) is 0 Å². The summed E-state index contributed by atoms with van der Waals surface area (Å²) >= 11 is 6.24. The van der Waals surface area contributed by atoms with Gasteiger partial charge in [-0.05, 0) is 37.1 Å². The standard InChI is InChI=1S/C23H25ClF2N4O4S/c1-2-16-3-5-19(6-4-16)35(32,33)29-10-7-18(8-11-29)30-22(31)21(24)20(14-28-30)27-13-17-15-34-12-9-23(17,25)26/h1,3-6,14,17-18,27H,7-13,15H2/t17-/m0/s1. The van der Waals surface area contributed by atoms with Crippen molar-refractivity contribution in [2.45, 2.75) is 36.1 Å². The number of terminal acetylenes is 1. The van der Waals surface area contributed by atoms with E-state index < -0.39 is 27.4 Å². The van der Waals surface area contributed by atoms with E-state index in [-0.39, 0.29) is 60.9 Å². The van der Waals surface area contributed by atoms with E-state index in [1.807, 2.05) is 0 Å². The Bertz CT molecular complexity index is 1270. The lowest BCUT2D eigenvalue weighted by Gasteiger charge is -2.32. The summed E-state index contributed by atoms with van der Waals surface area (Å²) < 4.78 is 61.7. The van der Waals surface area contributed by atoms with Crippen molar-refractivity contribution < 1.29 is 21.9 Å². The fourth-order valence-electron chi connectivity index (χ4n) is 4.23. The fraction of sp³-hybridized carbons (Fsp3) is 0.478. The number of ether oxygens (including phenoxy) is 1. The summed E-state index contributed by atoms with van der Waals surface area (Å²) in [5.74, 6) is -1.45. The third kappa shape index (κ3) is 5.35. The van der Waals surface area contributed by atoms with Crippen molar-refractivity contribution in [2.75, 3.05) is 38.2 Å². The second kappa shape index (κ2) is 10.2. The highest BCUT2D eigenvalue weighted by Gasteiger charge is 2.42. The van der Waals surface area contributed by atoms with Gasteiger partial charge >= 0.3 is 0 Å². The molecule has 188 valence electrons. The van der Waals surface area contributed by atoms with Crippen LogP contribution in [0.5, 0.6) is 0 Å². The molecule has 2 aromatic rings. The molecule has 0 saturated carbocycles. The number of sulfonamides is 1. The summed E-state index contributed by atoms with van der Waals surface area (Å²) in [5, 5.41) is 6.82. The van der Waals surface area contributed by atoms with Gasteiger partial charge in [0.25, 0.3) is 11.5 Å². The van der Waals surface area contributed by atoms with Crippen molar-refractivity contribution in [3.63, 3.8) is 0 Å². The molecule has 2 aliphatic rings. The van der Waals surface area contributed by atoms with Crippen LogP contribution in [0, 0.1) is 18.3 Å². The molecule has 4 rings (SSSR count). The molecular weight excluding hydrogens is 502 g/mol. The normalized spacial score (nSPS) is 21.4. The number of halogens is 3. The lowest BCUT2D eigenvalue weighted by atomic mass is 9.97. The molecule has 3 heterocycles. The van der Waals surface area contributed by atoms with E-state index in [0.29, 0.717) is 18.4 Å². The highest BCUT2D eigenvalue weighted by Crippen LogP contribution is 2.33.